The number of amides is 2. The first kappa shape index (κ1) is 17.9. The largest absolute Gasteiger partial charge is 0.375 e. The van der Waals surface area contributed by atoms with Gasteiger partial charge in [-0.1, -0.05) is 0 Å². The number of carbonyl (C=O) groups excluding carboxylic acids is 1. The average Bonchev–Trinajstić information content (AvgIpc) is 2.54. The molecule has 2 aliphatic heterocycles. The summed E-state index contributed by atoms with van der Waals surface area (Å²) in [6.45, 7) is 8.80. The summed E-state index contributed by atoms with van der Waals surface area (Å²) in [6, 6.07) is 4.61. The molecule has 25 heavy (non-hydrogen) atoms. The number of morpholine rings is 2. The number of anilines is 2. The van der Waals surface area contributed by atoms with Gasteiger partial charge in [0, 0.05) is 31.9 Å². The molecule has 0 radical (unpaired) electrons. The van der Waals surface area contributed by atoms with Crippen LogP contribution in [0.25, 0.3) is 0 Å². The van der Waals surface area contributed by atoms with Gasteiger partial charge in [-0.05, 0) is 39.0 Å². The summed E-state index contributed by atoms with van der Waals surface area (Å²) < 4.78 is 25.7. The molecule has 0 spiro atoms. The van der Waals surface area contributed by atoms with Crippen LogP contribution in [0.4, 0.5) is 20.6 Å². The number of halogens is 1. The Kier molecular flexibility index (Phi) is 5.44. The monoisotopic (exact) mass is 351 g/mol. The third kappa shape index (κ3) is 4.41. The van der Waals surface area contributed by atoms with E-state index in [0.717, 1.165) is 0 Å². The van der Waals surface area contributed by atoms with E-state index in [9.17, 15) is 9.18 Å². The Morgan fingerprint density at radius 2 is 1.88 bits per heavy atom. The van der Waals surface area contributed by atoms with Crippen LogP contribution >= 0.6 is 0 Å². The maximum Gasteiger partial charge on any atom is 0.322 e. The highest BCUT2D eigenvalue weighted by Gasteiger charge is 2.25. The number of ether oxygens (including phenoxy) is 2. The molecule has 3 rings (SSSR count). The molecular formula is C18H26FN3O3. The van der Waals surface area contributed by atoms with E-state index in [1.54, 1.807) is 17.0 Å². The maximum atomic E-state index is 14.6. The van der Waals surface area contributed by atoms with Gasteiger partial charge in [-0.3, -0.25) is 0 Å². The van der Waals surface area contributed by atoms with Crippen molar-refractivity contribution in [1.82, 2.24) is 4.90 Å². The quantitative estimate of drug-likeness (QED) is 0.890. The number of nitrogens with zero attached hydrogens (tertiary/aromatic N) is 2. The van der Waals surface area contributed by atoms with Crippen LogP contribution in [0.15, 0.2) is 18.2 Å². The van der Waals surface area contributed by atoms with Crippen LogP contribution in [0, 0.1) is 5.82 Å². The van der Waals surface area contributed by atoms with E-state index < -0.39 is 0 Å². The topological polar surface area (TPSA) is 54.0 Å². The molecule has 6 nitrogen and oxygen atoms in total. The minimum Gasteiger partial charge on any atom is -0.375 e. The predicted octanol–water partition coefficient (Wildman–Crippen LogP) is 2.69. The lowest BCUT2D eigenvalue weighted by atomic mass is 10.2. The lowest BCUT2D eigenvalue weighted by molar-refractivity contribution is -0.00539. The van der Waals surface area contributed by atoms with Crippen LogP contribution in [0.2, 0.25) is 0 Å². The fourth-order valence-electron chi connectivity index (χ4n) is 3.42. The third-order valence-electron chi connectivity index (χ3n) is 4.49. The molecule has 0 aliphatic carbocycles. The first-order valence-corrected chi connectivity index (χ1v) is 8.80. The van der Waals surface area contributed by atoms with Gasteiger partial charge < -0.3 is 24.6 Å². The zero-order valence-corrected chi connectivity index (χ0v) is 15.0. The smallest absolute Gasteiger partial charge is 0.322 e. The van der Waals surface area contributed by atoms with Gasteiger partial charge in [0.15, 0.2) is 0 Å². The second kappa shape index (κ2) is 7.58. The Morgan fingerprint density at radius 1 is 1.16 bits per heavy atom. The van der Waals surface area contributed by atoms with Crippen molar-refractivity contribution in [3.63, 3.8) is 0 Å². The lowest BCUT2D eigenvalue weighted by Crippen LogP contribution is -2.46. The van der Waals surface area contributed by atoms with Crippen LogP contribution in [0.3, 0.4) is 0 Å². The van der Waals surface area contributed by atoms with Gasteiger partial charge in [0.25, 0.3) is 0 Å². The van der Waals surface area contributed by atoms with E-state index in [4.69, 9.17) is 9.47 Å². The predicted molar refractivity (Wildman–Crippen MR) is 94.6 cm³/mol. The van der Waals surface area contributed by atoms with Crippen molar-refractivity contribution in [1.29, 1.82) is 0 Å². The molecule has 0 aromatic heterocycles. The van der Waals surface area contributed by atoms with E-state index >= 15 is 0 Å². The van der Waals surface area contributed by atoms with Crippen molar-refractivity contribution >= 4 is 17.4 Å². The second-order valence-electron chi connectivity index (χ2n) is 6.89. The second-order valence-corrected chi connectivity index (χ2v) is 6.89. The number of hydrogen-bond acceptors (Lipinski definition) is 4. The van der Waals surface area contributed by atoms with Gasteiger partial charge in [-0.2, -0.15) is 0 Å². The molecule has 2 fully saturated rings. The SMILES string of the molecule is C[C@@H]1CN(C(=O)Nc2ccc(N3C[C@@H](C)O[C@H](C)C3)c(F)c2)CCO1. The Balaban J connectivity index is 1.66. The van der Waals surface area contributed by atoms with Crippen LogP contribution in [0.1, 0.15) is 20.8 Å². The number of hydrogen-bond donors (Lipinski definition) is 1. The summed E-state index contributed by atoms with van der Waals surface area (Å²) in [6.07, 6.45) is 0.139. The molecule has 2 saturated heterocycles. The molecule has 2 aliphatic rings. The Morgan fingerprint density at radius 3 is 2.52 bits per heavy atom. The molecule has 3 atom stereocenters. The maximum absolute atomic E-state index is 14.6. The van der Waals surface area contributed by atoms with E-state index in [0.29, 0.717) is 44.2 Å². The molecular weight excluding hydrogens is 325 g/mol. The zero-order valence-electron chi connectivity index (χ0n) is 15.0. The summed E-state index contributed by atoms with van der Waals surface area (Å²) in [5.74, 6) is -0.338. The first-order chi connectivity index (χ1) is 11.9. The number of carbonyl (C=O) groups is 1. The number of nitrogens with one attached hydrogen (secondary N) is 1. The number of benzene rings is 1. The summed E-state index contributed by atoms with van der Waals surface area (Å²) in [5.41, 5.74) is 1.000. The fourth-order valence-corrected chi connectivity index (χ4v) is 3.42. The molecule has 138 valence electrons. The van der Waals surface area contributed by atoms with Crippen molar-refractivity contribution in [3.05, 3.63) is 24.0 Å². The van der Waals surface area contributed by atoms with Crippen molar-refractivity contribution in [2.24, 2.45) is 0 Å². The first-order valence-electron chi connectivity index (χ1n) is 8.80. The normalized spacial score (nSPS) is 27.3. The molecule has 1 N–H and O–H groups in total. The van der Waals surface area contributed by atoms with Gasteiger partial charge in [-0.15, -0.1) is 0 Å². The molecule has 7 heteroatoms. The highest BCUT2D eigenvalue weighted by molar-refractivity contribution is 5.89. The fraction of sp³-hybridized carbons (Fsp3) is 0.611. The summed E-state index contributed by atoms with van der Waals surface area (Å²) in [4.78, 5) is 16.0. The van der Waals surface area contributed by atoms with Crippen molar-refractivity contribution < 1.29 is 18.7 Å². The van der Waals surface area contributed by atoms with Gasteiger partial charge in [0.05, 0.1) is 30.6 Å². The van der Waals surface area contributed by atoms with Crippen molar-refractivity contribution in [2.75, 3.05) is 43.0 Å². The van der Waals surface area contributed by atoms with Crippen molar-refractivity contribution in [2.45, 2.75) is 39.1 Å². The Hall–Kier alpha value is -1.86. The average molecular weight is 351 g/mol. The lowest BCUT2D eigenvalue weighted by Gasteiger charge is -2.37. The summed E-state index contributed by atoms with van der Waals surface area (Å²) in [5, 5.41) is 2.77. The molecule has 2 heterocycles. The standard InChI is InChI=1S/C18H26FN3O3/c1-12-9-21(6-7-24-12)18(23)20-15-4-5-17(16(19)8-15)22-10-13(2)25-14(3)11-22/h4-5,8,12-14H,6-7,9-11H2,1-3H3,(H,20,23)/t12-,13-,14-/m1/s1. The zero-order chi connectivity index (χ0) is 18.0. The molecule has 0 unspecified atom stereocenters. The molecule has 1 aromatic carbocycles. The van der Waals surface area contributed by atoms with E-state index in [2.05, 4.69) is 5.32 Å². The van der Waals surface area contributed by atoms with Crippen LogP contribution in [0.5, 0.6) is 0 Å². The third-order valence-corrected chi connectivity index (χ3v) is 4.49. The van der Waals surface area contributed by atoms with Gasteiger partial charge in [0.2, 0.25) is 0 Å². The number of rotatable bonds is 2. The minimum absolute atomic E-state index is 0.0175. The van der Waals surface area contributed by atoms with E-state index in [1.807, 2.05) is 25.7 Å². The highest BCUT2D eigenvalue weighted by Crippen LogP contribution is 2.26. The highest BCUT2D eigenvalue weighted by atomic mass is 19.1. The molecule has 2 amide bonds. The molecule has 0 bridgehead atoms. The summed E-state index contributed by atoms with van der Waals surface area (Å²) in [7, 11) is 0. The Bertz CT molecular complexity index is 618. The number of urea groups is 1. The van der Waals surface area contributed by atoms with Gasteiger partial charge in [-0.25, -0.2) is 9.18 Å². The minimum atomic E-state index is -0.338. The molecule has 0 saturated carbocycles. The summed E-state index contributed by atoms with van der Waals surface area (Å²) >= 11 is 0. The van der Waals surface area contributed by atoms with Crippen LogP contribution < -0.4 is 10.2 Å². The van der Waals surface area contributed by atoms with Crippen LogP contribution in [-0.2, 0) is 9.47 Å². The van der Waals surface area contributed by atoms with E-state index in [1.165, 1.54) is 6.07 Å². The van der Waals surface area contributed by atoms with Gasteiger partial charge >= 0.3 is 6.03 Å². The van der Waals surface area contributed by atoms with Crippen LogP contribution in [-0.4, -0.2) is 62.0 Å². The van der Waals surface area contributed by atoms with Gasteiger partial charge in [0.1, 0.15) is 5.82 Å². The van der Waals surface area contributed by atoms with Crippen molar-refractivity contribution in [3.8, 4) is 0 Å². The Labute approximate surface area is 147 Å². The van der Waals surface area contributed by atoms with E-state index in [-0.39, 0.29) is 30.2 Å². The molecule has 1 aromatic rings.